The lowest BCUT2D eigenvalue weighted by atomic mass is 10.1. The molecule has 0 saturated carbocycles. The van der Waals surface area contributed by atoms with Gasteiger partial charge in [-0.1, -0.05) is 30.3 Å². The summed E-state index contributed by atoms with van der Waals surface area (Å²) in [6.07, 6.45) is 1.73. The molecule has 0 aliphatic heterocycles. The number of amides is 1. The van der Waals surface area contributed by atoms with Crippen molar-refractivity contribution in [3.8, 4) is 11.3 Å². The minimum Gasteiger partial charge on any atom is -0.348 e. The van der Waals surface area contributed by atoms with E-state index in [1.807, 2.05) is 30.3 Å². The smallest absolute Gasteiger partial charge is 0.251 e. The van der Waals surface area contributed by atoms with E-state index >= 15 is 0 Å². The predicted molar refractivity (Wildman–Crippen MR) is 87.2 cm³/mol. The van der Waals surface area contributed by atoms with Gasteiger partial charge < -0.3 is 5.32 Å². The fraction of sp³-hybridized carbons (Fsp3) is 0.0526. The molecule has 23 heavy (non-hydrogen) atoms. The Bertz CT molecular complexity index is 801. The average molecular weight is 306 g/mol. The molecule has 0 fully saturated rings. The molecule has 0 saturated heterocycles. The Morgan fingerprint density at radius 3 is 2.52 bits per heavy atom. The Kier molecular flexibility index (Phi) is 4.43. The van der Waals surface area contributed by atoms with Crippen LogP contribution < -0.4 is 5.32 Å². The summed E-state index contributed by atoms with van der Waals surface area (Å²) in [5, 5.41) is 2.78. The van der Waals surface area contributed by atoms with Crippen LogP contribution in [0.25, 0.3) is 11.3 Å². The first-order valence-electron chi connectivity index (χ1n) is 7.26. The molecule has 0 bridgehead atoms. The molecule has 1 amide bonds. The van der Waals surface area contributed by atoms with Crippen molar-refractivity contribution in [3.05, 3.63) is 89.9 Å². The summed E-state index contributed by atoms with van der Waals surface area (Å²) in [5.74, 6) is -0.502. The third kappa shape index (κ3) is 3.80. The van der Waals surface area contributed by atoms with Gasteiger partial charge in [0.2, 0.25) is 0 Å². The number of pyridine rings is 1. The highest BCUT2D eigenvalue weighted by molar-refractivity contribution is 5.94. The zero-order chi connectivity index (χ0) is 16.1. The number of hydrogen-bond donors (Lipinski definition) is 1. The molecule has 0 spiro atoms. The summed E-state index contributed by atoms with van der Waals surface area (Å²) in [4.78, 5) is 16.4. The van der Waals surface area contributed by atoms with Crippen LogP contribution in [0.15, 0.2) is 72.9 Å². The zero-order valence-electron chi connectivity index (χ0n) is 12.4. The van der Waals surface area contributed by atoms with Crippen molar-refractivity contribution in [1.82, 2.24) is 10.3 Å². The topological polar surface area (TPSA) is 42.0 Å². The van der Waals surface area contributed by atoms with Gasteiger partial charge in [-0.15, -0.1) is 0 Å². The molecule has 4 heteroatoms. The van der Waals surface area contributed by atoms with Gasteiger partial charge in [0.1, 0.15) is 5.82 Å². The molecule has 3 aromatic rings. The third-order valence-corrected chi connectivity index (χ3v) is 3.45. The molecule has 3 rings (SSSR count). The number of hydrogen-bond acceptors (Lipinski definition) is 2. The van der Waals surface area contributed by atoms with Crippen LogP contribution in [-0.2, 0) is 6.54 Å². The molecule has 114 valence electrons. The molecular formula is C19H15FN2O. The van der Waals surface area contributed by atoms with Gasteiger partial charge in [-0.25, -0.2) is 4.39 Å². The maximum absolute atomic E-state index is 13.1. The summed E-state index contributed by atoms with van der Waals surface area (Å²) in [5.41, 5.74) is 3.09. The lowest BCUT2D eigenvalue weighted by Gasteiger charge is -2.06. The van der Waals surface area contributed by atoms with Crippen LogP contribution in [-0.4, -0.2) is 10.9 Å². The van der Waals surface area contributed by atoms with Gasteiger partial charge in [-0.3, -0.25) is 9.78 Å². The number of nitrogens with zero attached hydrogens (tertiary/aromatic N) is 1. The van der Waals surface area contributed by atoms with Gasteiger partial charge in [0.05, 0.1) is 5.69 Å². The molecule has 1 aromatic heterocycles. The van der Waals surface area contributed by atoms with E-state index in [4.69, 9.17) is 0 Å². The number of aromatic nitrogens is 1. The molecule has 0 aliphatic carbocycles. The summed E-state index contributed by atoms with van der Waals surface area (Å²) in [6, 6.07) is 19.1. The third-order valence-electron chi connectivity index (χ3n) is 3.45. The summed E-state index contributed by atoms with van der Waals surface area (Å²) >= 11 is 0. The summed E-state index contributed by atoms with van der Waals surface area (Å²) in [6.45, 7) is 0.290. The second-order valence-electron chi connectivity index (χ2n) is 5.10. The van der Waals surface area contributed by atoms with Crippen molar-refractivity contribution < 1.29 is 9.18 Å². The summed E-state index contributed by atoms with van der Waals surface area (Å²) in [7, 11) is 0. The maximum Gasteiger partial charge on any atom is 0.251 e. The molecular weight excluding hydrogens is 291 g/mol. The van der Waals surface area contributed by atoms with E-state index < -0.39 is 0 Å². The standard InChI is InChI=1S/C19H15FN2O/c20-17-5-3-4-14(12-17)13-22-19(23)16-9-7-15(8-10-16)18-6-1-2-11-21-18/h1-12H,13H2,(H,22,23). The lowest BCUT2D eigenvalue weighted by molar-refractivity contribution is 0.0951. The molecule has 3 nitrogen and oxygen atoms in total. The molecule has 0 atom stereocenters. The molecule has 1 N–H and O–H groups in total. The molecule has 1 heterocycles. The van der Waals surface area contributed by atoms with Crippen molar-refractivity contribution in [1.29, 1.82) is 0 Å². The normalized spacial score (nSPS) is 10.3. The van der Waals surface area contributed by atoms with Crippen LogP contribution in [0.5, 0.6) is 0 Å². The van der Waals surface area contributed by atoms with Gasteiger partial charge in [-0.2, -0.15) is 0 Å². The van der Waals surface area contributed by atoms with Gasteiger partial charge in [0.25, 0.3) is 5.91 Å². The van der Waals surface area contributed by atoms with Gasteiger partial charge in [0, 0.05) is 23.9 Å². The number of carbonyl (C=O) groups is 1. The average Bonchev–Trinajstić information content (AvgIpc) is 2.61. The number of benzene rings is 2. The fourth-order valence-electron chi connectivity index (χ4n) is 2.26. The SMILES string of the molecule is O=C(NCc1cccc(F)c1)c1ccc(-c2ccccn2)cc1. The maximum atomic E-state index is 13.1. The largest absolute Gasteiger partial charge is 0.348 e. The van der Waals surface area contributed by atoms with Gasteiger partial charge in [0.15, 0.2) is 0 Å². The lowest BCUT2D eigenvalue weighted by Crippen LogP contribution is -2.22. The Hall–Kier alpha value is -3.01. The van der Waals surface area contributed by atoms with Crippen LogP contribution >= 0.6 is 0 Å². The number of rotatable bonds is 4. The first-order valence-corrected chi connectivity index (χ1v) is 7.26. The van der Waals surface area contributed by atoms with Crippen molar-refractivity contribution in [2.45, 2.75) is 6.54 Å². The van der Waals surface area contributed by atoms with E-state index in [1.54, 1.807) is 30.5 Å². The van der Waals surface area contributed by atoms with Gasteiger partial charge in [-0.05, 0) is 42.0 Å². The van der Waals surface area contributed by atoms with E-state index in [0.717, 1.165) is 16.8 Å². The quantitative estimate of drug-likeness (QED) is 0.796. The Morgan fingerprint density at radius 2 is 1.83 bits per heavy atom. The van der Waals surface area contributed by atoms with E-state index in [1.165, 1.54) is 12.1 Å². The molecule has 0 radical (unpaired) electrons. The highest BCUT2D eigenvalue weighted by atomic mass is 19.1. The van der Waals surface area contributed by atoms with Crippen molar-refractivity contribution in [3.63, 3.8) is 0 Å². The van der Waals surface area contributed by atoms with Crippen LogP contribution in [0, 0.1) is 5.82 Å². The monoisotopic (exact) mass is 306 g/mol. The van der Waals surface area contributed by atoms with Crippen LogP contribution in [0.1, 0.15) is 15.9 Å². The van der Waals surface area contributed by atoms with E-state index in [2.05, 4.69) is 10.3 Å². The fourth-order valence-corrected chi connectivity index (χ4v) is 2.26. The number of halogens is 1. The van der Waals surface area contributed by atoms with Crippen LogP contribution in [0.2, 0.25) is 0 Å². The zero-order valence-corrected chi connectivity index (χ0v) is 12.4. The number of nitrogens with one attached hydrogen (secondary N) is 1. The van der Waals surface area contributed by atoms with Crippen molar-refractivity contribution in [2.75, 3.05) is 0 Å². The van der Waals surface area contributed by atoms with Gasteiger partial charge >= 0.3 is 0 Å². The molecule has 0 aliphatic rings. The first kappa shape index (κ1) is 14.9. The summed E-state index contributed by atoms with van der Waals surface area (Å²) < 4.78 is 13.1. The highest BCUT2D eigenvalue weighted by Gasteiger charge is 2.06. The predicted octanol–water partition coefficient (Wildman–Crippen LogP) is 3.82. The van der Waals surface area contributed by atoms with E-state index in [0.29, 0.717) is 12.1 Å². The first-order chi connectivity index (χ1) is 11.2. The van der Waals surface area contributed by atoms with Crippen molar-refractivity contribution >= 4 is 5.91 Å². The van der Waals surface area contributed by atoms with E-state index in [9.17, 15) is 9.18 Å². The Labute approximate surface area is 133 Å². The minimum atomic E-state index is -0.309. The molecule has 0 unspecified atom stereocenters. The van der Waals surface area contributed by atoms with Crippen LogP contribution in [0.4, 0.5) is 4.39 Å². The Morgan fingerprint density at radius 1 is 1.00 bits per heavy atom. The minimum absolute atomic E-state index is 0.193. The van der Waals surface area contributed by atoms with Crippen LogP contribution in [0.3, 0.4) is 0 Å². The number of carbonyl (C=O) groups excluding carboxylic acids is 1. The second-order valence-corrected chi connectivity index (χ2v) is 5.10. The van der Waals surface area contributed by atoms with Crippen molar-refractivity contribution in [2.24, 2.45) is 0 Å². The second kappa shape index (κ2) is 6.83. The van der Waals surface area contributed by atoms with E-state index in [-0.39, 0.29) is 11.7 Å². The Balaban J connectivity index is 1.66. The highest BCUT2D eigenvalue weighted by Crippen LogP contribution is 2.16. The molecule has 2 aromatic carbocycles.